The highest BCUT2D eigenvalue weighted by atomic mass is 19.1. The Morgan fingerprint density at radius 2 is 1.82 bits per heavy atom. The van der Waals surface area contributed by atoms with Gasteiger partial charge in [0.2, 0.25) is 0 Å². The van der Waals surface area contributed by atoms with Gasteiger partial charge in [0.05, 0.1) is 6.04 Å². The fourth-order valence-corrected chi connectivity index (χ4v) is 1.57. The average Bonchev–Trinajstić information content (AvgIpc) is 2.33. The van der Waals surface area contributed by atoms with Crippen LogP contribution in [0.1, 0.15) is 28.6 Å². The fraction of sp³-hybridized carbons (Fsp3) is 0.231. The predicted octanol–water partition coefficient (Wildman–Crippen LogP) is 2.28. The number of nitrogens with zero attached hydrogens (tertiary/aromatic N) is 2. The van der Waals surface area contributed by atoms with Crippen molar-refractivity contribution in [3.63, 3.8) is 0 Å². The molecule has 2 N–H and O–H groups in total. The van der Waals surface area contributed by atoms with E-state index in [1.807, 2.05) is 6.92 Å². The molecular weight excluding hydrogens is 217 g/mol. The lowest BCUT2D eigenvalue weighted by molar-refractivity contribution is 0.616. The Hall–Kier alpha value is -1.81. The molecule has 0 radical (unpaired) electrons. The van der Waals surface area contributed by atoms with Crippen LogP contribution < -0.4 is 5.73 Å². The number of aromatic nitrogens is 2. The largest absolute Gasteiger partial charge is 0.318 e. The number of hydrogen-bond acceptors (Lipinski definition) is 3. The maximum absolute atomic E-state index is 13.1. The van der Waals surface area contributed by atoms with E-state index in [-0.39, 0.29) is 5.82 Å². The summed E-state index contributed by atoms with van der Waals surface area (Å²) in [7, 11) is 0. The van der Waals surface area contributed by atoms with Crippen LogP contribution in [0.25, 0.3) is 0 Å². The van der Waals surface area contributed by atoms with Crippen molar-refractivity contribution in [2.24, 2.45) is 5.73 Å². The van der Waals surface area contributed by atoms with E-state index in [4.69, 9.17) is 5.73 Å². The number of nitrogens with two attached hydrogens (primary N) is 1. The molecule has 0 saturated heterocycles. The molecule has 0 aliphatic rings. The molecule has 1 aromatic carbocycles. The van der Waals surface area contributed by atoms with E-state index < -0.39 is 6.04 Å². The normalized spacial score (nSPS) is 12.5. The summed E-state index contributed by atoms with van der Waals surface area (Å²) in [6.45, 7) is 3.62. The predicted molar refractivity (Wildman–Crippen MR) is 63.9 cm³/mol. The molecule has 17 heavy (non-hydrogen) atoms. The third kappa shape index (κ3) is 2.47. The van der Waals surface area contributed by atoms with Crippen LogP contribution in [0.2, 0.25) is 0 Å². The molecule has 0 fully saturated rings. The van der Waals surface area contributed by atoms with Crippen molar-refractivity contribution >= 4 is 0 Å². The SMILES string of the molecule is Cc1cnc(C(N)c2ccc(F)c(C)c2)nc1. The zero-order valence-electron chi connectivity index (χ0n) is 9.81. The van der Waals surface area contributed by atoms with Crippen LogP contribution in [0.3, 0.4) is 0 Å². The Morgan fingerprint density at radius 3 is 2.41 bits per heavy atom. The lowest BCUT2D eigenvalue weighted by Crippen LogP contribution is -2.15. The summed E-state index contributed by atoms with van der Waals surface area (Å²) in [6, 6.07) is 4.38. The molecule has 0 aliphatic carbocycles. The first kappa shape index (κ1) is 11.7. The summed E-state index contributed by atoms with van der Waals surface area (Å²) < 4.78 is 13.1. The van der Waals surface area contributed by atoms with E-state index in [0.29, 0.717) is 11.4 Å². The van der Waals surface area contributed by atoms with E-state index in [2.05, 4.69) is 9.97 Å². The first-order chi connectivity index (χ1) is 8.08. The van der Waals surface area contributed by atoms with Gasteiger partial charge in [-0.3, -0.25) is 0 Å². The third-order valence-electron chi connectivity index (χ3n) is 2.62. The van der Waals surface area contributed by atoms with Crippen molar-refractivity contribution in [3.8, 4) is 0 Å². The van der Waals surface area contributed by atoms with Crippen LogP contribution in [0.15, 0.2) is 30.6 Å². The van der Waals surface area contributed by atoms with Crippen LogP contribution in [0, 0.1) is 19.7 Å². The third-order valence-corrected chi connectivity index (χ3v) is 2.62. The molecule has 3 nitrogen and oxygen atoms in total. The monoisotopic (exact) mass is 231 g/mol. The number of rotatable bonds is 2. The van der Waals surface area contributed by atoms with Gasteiger partial charge < -0.3 is 5.73 Å². The standard InChI is InChI=1S/C13H14FN3/c1-8-6-16-13(17-7-8)12(15)10-3-4-11(14)9(2)5-10/h3-7,12H,15H2,1-2H3. The highest BCUT2D eigenvalue weighted by Gasteiger charge is 2.12. The minimum Gasteiger partial charge on any atom is -0.318 e. The quantitative estimate of drug-likeness (QED) is 0.862. The molecule has 0 bridgehead atoms. The Balaban J connectivity index is 2.33. The van der Waals surface area contributed by atoms with Gasteiger partial charge in [-0.05, 0) is 36.6 Å². The van der Waals surface area contributed by atoms with Crippen molar-refractivity contribution in [2.75, 3.05) is 0 Å². The van der Waals surface area contributed by atoms with E-state index in [1.165, 1.54) is 6.07 Å². The van der Waals surface area contributed by atoms with Gasteiger partial charge >= 0.3 is 0 Å². The molecule has 88 valence electrons. The second-order valence-electron chi connectivity index (χ2n) is 4.10. The summed E-state index contributed by atoms with van der Waals surface area (Å²) in [4.78, 5) is 8.35. The van der Waals surface area contributed by atoms with Crippen LogP contribution >= 0.6 is 0 Å². The Kier molecular flexibility index (Phi) is 3.15. The lowest BCUT2D eigenvalue weighted by atomic mass is 10.0. The van der Waals surface area contributed by atoms with Crippen molar-refractivity contribution in [1.82, 2.24) is 9.97 Å². The maximum atomic E-state index is 13.1. The zero-order valence-corrected chi connectivity index (χ0v) is 9.81. The zero-order chi connectivity index (χ0) is 12.4. The van der Waals surface area contributed by atoms with E-state index in [0.717, 1.165) is 11.1 Å². The molecule has 1 atom stereocenters. The van der Waals surface area contributed by atoms with Crippen molar-refractivity contribution in [1.29, 1.82) is 0 Å². The number of aryl methyl sites for hydroxylation is 2. The smallest absolute Gasteiger partial charge is 0.149 e. The molecule has 2 rings (SSSR count). The molecule has 1 aromatic heterocycles. The second kappa shape index (κ2) is 4.59. The average molecular weight is 231 g/mol. The van der Waals surface area contributed by atoms with E-state index >= 15 is 0 Å². The Bertz CT molecular complexity index is 523. The van der Waals surface area contributed by atoms with Gasteiger partial charge in [0.15, 0.2) is 0 Å². The summed E-state index contributed by atoms with van der Waals surface area (Å²) in [6.07, 6.45) is 3.44. The summed E-state index contributed by atoms with van der Waals surface area (Å²) in [5, 5.41) is 0. The van der Waals surface area contributed by atoms with Crippen LogP contribution in [-0.4, -0.2) is 9.97 Å². The minimum absolute atomic E-state index is 0.231. The Morgan fingerprint density at radius 1 is 1.18 bits per heavy atom. The van der Waals surface area contributed by atoms with Crippen molar-refractivity contribution in [3.05, 3.63) is 58.9 Å². The summed E-state index contributed by atoms with van der Waals surface area (Å²) in [5.41, 5.74) is 8.41. The molecule has 0 amide bonds. The maximum Gasteiger partial charge on any atom is 0.149 e. The number of benzene rings is 1. The molecule has 0 aliphatic heterocycles. The van der Waals surface area contributed by atoms with E-state index in [1.54, 1.807) is 31.5 Å². The number of hydrogen-bond donors (Lipinski definition) is 1. The lowest BCUT2D eigenvalue weighted by Gasteiger charge is -2.11. The van der Waals surface area contributed by atoms with Gasteiger partial charge in [0, 0.05) is 12.4 Å². The van der Waals surface area contributed by atoms with Gasteiger partial charge in [0.1, 0.15) is 11.6 Å². The fourth-order valence-electron chi connectivity index (χ4n) is 1.57. The summed E-state index contributed by atoms with van der Waals surface area (Å²) in [5.74, 6) is 0.312. The molecule has 0 spiro atoms. The molecule has 1 unspecified atom stereocenters. The van der Waals surface area contributed by atoms with Gasteiger partial charge in [0.25, 0.3) is 0 Å². The van der Waals surface area contributed by atoms with Gasteiger partial charge in [-0.15, -0.1) is 0 Å². The Labute approximate surface area is 99.5 Å². The minimum atomic E-state index is -0.421. The molecule has 2 aromatic rings. The van der Waals surface area contributed by atoms with Crippen LogP contribution in [0.4, 0.5) is 4.39 Å². The molecule has 4 heteroatoms. The highest BCUT2D eigenvalue weighted by Crippen LogP contribution is 2.18. The van der Waals surface area contributed by atoms with E-state index in [9.17, 15) is 4.39 Å². The van der Waals surface area contributed by atoms with Crippen LogP contribution in [0.5, 0.6) is 0 Å². The first-order valence-electron chi connectivity index (χ1n) is 5.38. The van der Waals surface area contributed by atoms with Gasteiger partial charge in [-0.25, -0.2) is 14.4 Å². The molecule has 1 heterocycles. The molecular formula is C13H14FN3. The van der Waals surface area contributed by atoms with Gasteiger partial charge in [-0.1, -0.05) is 12.1 Å². The molecule has 0 saturated carbocycles. The van der Waals surface area contributed by atoms with Gasteiger partial charge in [-0.2, -0.15) is 0 Å². The van der Waals surface area contributed by atoms with Crippen molar-refractivity contribution < 1.29 is 4.39 Å². The highest BCUT2D eigenvalue weighted by molar-refractivity contribution is 5.29. The van der Waals surface area contributed by atoms with Crippen LogP contribution in [-0.2, 0) is 0 Å². The summed E-state index contributed by atoms with van der Waals surface area (Å²) >= 11 is 0. The topological polar surface area (TPSA) is 51.8 Å². The second-order valence-corrected chi connectivity index (χ2v) is 4.10. The first-order valence-corrected chi connectivity index (χ1v) is 5.38. The van der Waals surface area contributed by atoms with Crippen molar-refractivity contribution in [2.45, 2.75) is 19.9 Å². The number of halogens is 1.